The van der Waals surface area contributed by atoms with Crippen molar-refractivity contribution in [1.29, 1.82) is 0 Å². The van der Waals surface area contributed by atoms with Crippen molar-refractivity contribution in [2.24, 2.45) is 23.2 Å². The smallest absolute Gasteiger partial charge is 0.410 e. The molecule has 2 aromatic carbocycles. The Hall–Kier alpha value is -3.61. The molecule has 0 aliphatic carbocycles. The van der Waals surface area contributed by atoms with E-state index in [-0.39, 0.29) is 19.7 Å². The second-order valence-electron chi connectivity index (χ2n) is 9.53. The van der Waals surface area contributed by atoms with E-state index in [4.69, 9.17) is 9.47 Å². The summed E-state index contributed by atoms with van der Waals surface area (Å²) in [4.78, 5) is 39.9. The summed E-state index contributed by atoms with van der Waals surface area (Å²) < 4.78 is 10.5. The standard InChI is InChI=1S/C28H35NO6/c1-6-23(28(2,3)4)24(25(30)31)22(26(32)34-5)18-29(17-20-13-9-7-10-14-20)27(33)35-19-21-15-11-8-12-16-21/h6-16,22-24H,1,17-19H2,2-5H3,(H,30,31)/t22-,23?,24+/m0/s1. The van der Waals surface area contributed by atoms with Gasteiger partial charge in [0.05, 0.1) is 18.9 Å². The Kier molecular flexibility index (Phi) is 10.1. The lowest BCUT2D eigenvalue weighted by Gasteiger charge is -2.37. The number of carbonyl (C=O) groups excluding carboxylic acids is 2. The summed E-state index contributed by atoms with van der Waals surface area (Å²) in [6, 6.07) is 18.5. The maximum Gasteiger partial charge on any atom is 0.410 e. The zero-order chi connectivity index (χ0) is 26.0. The lowest BCUT2D eigenvalue weighted by atomic mass is 9.68. The Morgan fingerprint density at radius 1 is 1.00 bits per heavy atom. The number of ether oxygens (including phenoxy) is 2. The number of nitrogens with zero attached hydrogens (tertiary/aromatic N) is 1. The Balaban J connectivity index is 2.40. The van der Waals surface area contributed by atoms with Gasteiger partial charge in [-0.15, -0.1) is 6.58 Å². The van der Waals surface area contributed by atoms with Gasteiger partial charge in [-0.25, -0.2) is 4.79 Å². The van der Waals surface area contributed by atoms with Gasteiger partial charge in [0.25, 0.3) is 0 Å². The second kappa shape index (κ2) is 12.7. The zero-order valence-corrected chi connectivity index (χ0v) is 20.8. The van der Waals surface area contributed by atoms with Crippen LogP contribution in [0.1, 0.15) is 31.9 Å². The summed E-state index contributed by atoms with van der Waals surface area (Å²) >= 11 is 0. The molecule has 7 heteroatoms. The van der Waals surface area contributed by atoms with E-state index < -0.39 is 41.2 Å². The molecule has 1 amide bonds. The summed E-state index contributed by atoms with van der Waals surface area (Å²) in [5.74, 6) is -4.70. The minimum atomic E-state index is -1.16. The van der Waals surface area contributed by atoms with Crippen LogP contribution in [0.3, 0.4) is 0 Å². The van der Waals surface area contributed by atoms with Crippen molar-refractivity contribution in [2.75, 3.05) is 13.7 Å². The van der Waals surface area contributed by atoms with Gasteiger partial charge in [-0.05, 0) is 22.5 Å². The van der Waals surface area contributed by atoms with E-state index in [9.17, 15) is 19.5 Å². The first-order valence-electron chi connectivity index (χ1n) is 11.5. The van der Waals surface area contributed by atoms with Crippen molar-refractivity contribution in [3.8, 4) is 0 Å². The van der Waals surface area contributed by atoms with Crippen LogP contribution in [0.5, 0.6) is 0 Å². The van der Waals surface area contributed by atoms with E-state index in [0.717, 1.165) is 11.1 Å². The minimum Gasteiger partial charge on any atom is -0.481 e. The average Bonchev–Trinajstić information content (AvgIpc) is 2.83. The fourth-order valence-corrected chi connectivity index (χ4v) is 4.16. The van der Waals surface area contributed by atoms with Gasteiger partial charge in [-0.2, -0.15) is 0 Å². The van der Waals surface area contributed by atoms with E-state index >= 15 is 0 Å². The second-order valence-corrected chi connectivity index (χ2v) is 9.53. The molecular weight excluding hydrogens is 446 g/mol. The van der Waals surface area contributed by atoms with Crippen molar-refractivity contribution < 1.29 is 29.0 Å². The summed E-state index contributed by atoms with van der Waals surface area (Å²) in [5, 5.41) is 10.2. The predicted octanol–water partition coefficient (Wildman–Crippen LogP) is 5.16. The SMILES string of the molecule is C=CC([C@H](C(=O)O)[C@H](CN(Cc1ccccc1)C(=O)OCc1ccccc1)C(=O)OC)C(C)(C)C. The summed E-state index contributed by atoms with van der Waals surface area (Å²) in [6.45, 7) is 9.49. The van der Waals surface area contributed by atoms with Crippen LogP contribution in [0, 0.1) is 23.2 Å². The van der Waals surface area contributed by atoms with E-state index in [1.54, 1.807) is 6.08 Å². The summed E-state index contributed by atoms with van der Waals surface area (Å²) in [5.41, 5.74) is 1.14. The first kappa shape index (κ1) is 27.6. The van der Waals surface area contributed by atoms with Gasteiger partial charge in [-0.3, -0.25) is 9.59 Å². The third-order valence-electron chi connectivity index (χ3n) is 5.96. The van der Waals surface area contributed by atoms with Crippen molar-refractivity contribution in [3.05, 3.63) is 84.4 Å². The van der Waals surface area contributed by atoms with Gasteiger partial charge in [0.1, 0.15) is 6.61 Å². The number of allylic oxidation sites excluding steroid dienone is 1. The number of benzene rings is 2. The number of amides is 1. The highest BCUT2D eigenvalue weighted by molar-refractivity contribution is 5.82. The first-order valence-corrected chi connectivity index (χ1v) is 11.5. The Bertz CT molecular complexity index is 984. The van der Waals surface area contributed by atoms with Gasteiger partial charge < -0.3 is 19.5 Å². The van der Waals surface area contributed by atoms with Crippen molar-refractivity contribution >= 4 is 18.0 Å². The fourth-order valence-electron chi connectivity index (χ4n) is 4.16. The van der Waals surface area contributed by atoms with Gasteiger partial charge >= 0.3 is 18.0 Å². The van der Waals surface area contributed by atoms with E-state index in [1.165, 1.54) is 12.0 Å². The summed E-state index contributed by atoms with van der Waals surface area (Å²) in [7, 11) is 1.21. The Morgan fingerprint density at radius 3 is 2.00 bits per heavy atom. The molecule has 188 valence electrons. The zero-order valence-electron chi connectivity index (χ0n) is 20.8. The predicted molar refractivity (Wildman–Crippen MR) is 133 cm³/mol. The van der Waals surface area contributed by atoms with Crippen LogP contribution in [0.15, 0.2) is 73.3 Å². The molecule has 0 saturated carbocycles. The molecule has 2 rings (SSSR count). The third kappa shape index (κ3) is 7.98. The number of methoxy groups -OCH3 is 1. The number of aliphatic carboxylic acids is 1. The molecule has 0 aliphatic heterocycles. The van der Waals surface area contributed by atoms with E-state index in [0.29, 0.717) is 0 Å². The lowest BCUT2D eigenvalue weighted by Crippen LogP contribution is -2.47. The monoisotopic (exact) mass is 481 g/mol. The molecule has 3 atom stereocenters. The lowest BCUT2D eigenvalue weighted by molar-refractivity contribution is -0.159. The maximum atomic E-state index is 13.2. The number of hydrogen-bond acceptors (Lipinski definition) is 5. The van der Waals surface area contributed by atoms with Gasteiger partial charge in [-0.1, -0.05) is 87.5 Å². The first-order chi connectivity index (χ1) is 16.6. The molecule has 0 saturated heterocycles. The number of carbonyl (C=O) groups is 3. The number of carboxylic acids is 1. The quantitative estimate of drug-likeness (QED) is 0.352. The topological polar surface area (TPSA) is 93.1 Å². The highest BCUT2D eigenvalue weighted by Crippen LogP contribution is 2.38. The third-order valence-corrected chi connectivity index (χ3v) is 5.96. The molecule has 0 fully saturated rings. The van der Waals surface area contributed by atoms with Crippen molar-refractivity contribution in [2.45, 2.75) is 33.9 Å². The largest absolute Gasteiger partial charge is 0.481 e. The molecule has 0 bridgehead atoms. The molecule has 7 nitrogen and oxygen atoms in total. The van der Waals surface area contributed by atoms with Crippen molar-refractivity contribution in [1.82, 2.24) is 4.90 Å². The summed E-state index contributed by atoms with van der Waals surface area (Å²) in [6.07, 6.45) is 0.908. The normalized spacial score (nSPS) is 13.7. The van der Waals surface area contributed by atoms with E-state index in [2.05, 4.69) is 6.58 Å². The van der Waals surface area contributed by atoms with Gasteiger partial charge in [0.15, 0.2) is 0 Å². The van der Waals surface area contributed by atoms with Crippen molar-refractivity contribution in [3.63, 3.8) is 0 Å². The molecule has 0 spiro atoms. The van der Waals surface area contributed by atoms with Crippen LogP contribution in [-0.4, -0.2) is 41.7 Å². The van der Waals surface area contributed by atoms with Crippen LogP contribution in [-0.2, 0) is 32.2 Å². The molecule has 0 aliphatic rings. The molecule has 35 heavy (non-hydrogen) atoms. The number of hydrogen-bond donors (Lipinski definition) is 1. The van der Waals surface area contributed by atoms with E-state index in [1.807, 2.05) is 81.4 Å². The van der Waals surface area contributed by atoms with Crippen LogP contribution in [0.25, 0.3) is 0 Å². The molecule has 0 aromatic heterocycles. The Morgan fingerprint density at radius 2 is 1.54 bits per heavy atom. The number of esters is 1. The number of rotatable bonds is 11. The number of carboxylic acid groups (broad SMARTS) is 1. The molecule has 1 N–H and O–H groups in total. The highest BCUT2D eigenvalue weighted by Gasteiger charge is 2.44. The average molecular weight is 482 g/mol. The molecule has 1 unspecified atom stereocenters. The van der Waals surface area contributed by atoms with Gasteiger partial charge in [0, 0.05) is 13.1 Å². The van der Waals surface area contributed by atoms with Crippen LogP contribution < -0.4 is 0 Å². The molecule has 2 aromatic rings. The van der Waals surface area contributed by atoms with Gasteiger partial charge in [0.2, 0.25) is 0 Å². The highest BCUT2D eigenvalue weighted by atomic mass is 16.6. The molecule has 0 heterocycles. The maximum absolute atomic E-state index is 13.2. The van der Waals surface area contributed by atoms with Crippen LogP contribution in [0.2, 0.25) is 0 Å². The van der Waals surface area contributed by atoms with Crippen LogP contribution in [0.4, 0.5) is 4.79 Å². The van der Waals surface area contributed by atoms with Crippen LogP contribution >= 0.6 is 0 Å². The Labute approximate surface area is 207 Å². The minimum absolute atomic E-state index is 0.0491. The fraction of sp³-hybridized carbons (Fsp3) is 0.393. The molecule has 0 radical (unpaired) electrons. The molecular formula is C28H35NO6.